The number of nitrogens with one attached hydrogen (secondary N) is 2. The molecule has 3 heterocycles. The Kier molecular flexibility index (Phi) is 7.07. The molecular formula is C22H26ClFN6OS. The van der Waals surface area contributed by atoms with E-state index in [0.717, 1.165) is 19.5 Å². The second-order valence-electron chi connectivity index (χ2n) is 8.08. The molecule has 1 aliphatic rings. The zero-order valence-corrected chi connectivity index (χ0v) is 19.6. The summed E-state index contributed by atoms with van der Waals surface area (Å²) < 4.78 is 14.3. The van der Waals surface area contributed by atoms with Gasteiger partial charge in [0.25, 0.3) is 0 Å². The zero-order valence-electron chi connectivity index (χ0n) is 18.1. The molecule has 1 aliphatic heterocycles. The number of benzene rings is 1. The van der Waals surface area contributed by atoms with Crippen LogP contribution in [0.5, 0.6) is 0 Å². The van der Waals surface area contributed by atoms with Crippen LogP contribution < -0.4 is 15.5 Å². The summed E-state index contributed by atoms with van der Waals surface area (Å²) >= 11 is 7.12. The van der Waals surface area contributed by atoms with E-state index >= 15 is 0 Å². The summed E-state index contributed by atoms with van der Waals surface area (Å²) in [5.41, 5.74) is 1.04. The van der Waals surface area contributed by atoms with E-state index in [2.05, 4.69) is 32.5 Å². The number of carbonyl (C=O) groups is 1. The van der Waals surface area contributed by atoms with Gasteiger partial charge in [-0.15, -0.1) is 0 Å². The third kappa shape index (κ3) is 5.46. The molecule has 2 aromatic heterocycles. The summed E-state index contributed by atoms with van der Waals surface area (Å²) in [6, 6.07) is 7.82. The van der Waals surface area contributed by atoms with Crippen molar-refractivity contribution >= 4 is 56.0 Å². The largest absolute Gasteiger partial charge is 0.338 e. The van der Waals surface area contributed by atoms with E-state index in [4.69, 9.17) is 11.6 Å². The van der Waals surface area contributed by atoms with E-state index in [1.165, 1.54) is 30.2 Å². The van der Waals surface area contributed by atoms with Crippen LogP contribution in [-0.4, -0.2) is 54.6 Å². The van der Waals surface area contributed by atoms with Crippen LogP contribution in [0.3, 0.4) is 0 Å². The lowest BCUT2D eigenvalue weighted by molar-refractivity contribution is 0.211. The standard InChI is InChI=1S/C22H26ClFN6OS/c1-29-11-8-14(9-12-29)7-10-25-21(31)28-22-26-17-4-6-19(27-20(17)32-22)30(2)18-5-3-15(23)13-16(18)24/h3-6,13-14H,7-12H2,1-2H3,(H2,25,26,28,31). The van der Waals surface area contributed by atoms with Gasteiger partial charge in [0.15, 0.2) is 5.13 Å². The predicted molar refractivity (Wildman–Crippen MR) is 129 cm³/mol. The van der Waals surface area contributed by atoms with E-state index in [1.807, 2.05) is 6.07 Å². The van der Waals surface area contributed by atoms with Gasteiger partial charge in [-0.25, -0.2) is 19.2 Å². The van der Waals surface area contributed by atoms with Crippen LogP contribution in [0.15, 0.2) is 30.3 Å². The van der Waals surface area contributed by atoms with E-state index in [9.17, 15) is 9.18 Å². The number of urea groups is 1. The Morgan fingerprint density at radius 3 is 2.81 bits per heavy atom. The number of halogens is 2. The van der Waals surface area contributed by atoms with Gasteiger partial charge in [0.05, 0.1) is 5.69 Å². The first-order valence-electron chi connectivity index (χ1n) is 10.6. The van der Waals surface area contributed by atoms with Crippen molar-refractivity contribution < 1.29 is 9.18 Å². The predicted octanol–water partition coefficient (Wildman–Crippen LogP) is 5.11. The number of rotatable bonds is 6. The molecule has 2 amide bonds. The number of aromatic nitrogens is 2. The normalized spacial score (nSPS) is 15.1. The van der Waals surface area contributed by atoms with E-state index < -0.39 is 5.82 Å². The van der Waals surface area contributed by atoms with Crippen molar-refractivity contribution in [3.63, 3.8) is 0 Å². The summed E-state index contributed by atoms with van der Waals surface area (Å²) in [6.45, 7) is 2.89. The number of fused-ring (bicyclic) bond motifs is 1. The van der Waals surface area contributed by atoms with Crippen LogP contribution >= 0.6 is 22.9 Å². The van der Waals surface area contributed by atoms with Crippen molar-refractivity contribution in [2.24, 2.45) is 5.92 Å². The number of pyridine rings is 1. The maximum atomic E-state index is 14.3. The van der Waals surface area contributed by atoms with Crippen LogP contribution in [0, 0.1) is 11.7 Å². The van der Waals surface area contributed by atoms with Gasteiger partial charge >= 0.3 is 6.03 Å². The highest BCUT2D eigenvalue weighted by Crippen LogP contribution is 2.31. The molecule has 0 aliphatic carbocycles. The quantitative estimate of drug-likeness (QED) is 0.517. The molecule has 10 heteroatoms. The maximum absolute atomic E-state index is 14.3. The molecule has 0 bridgehead atoms. The lowest BCUT2D eigenvalue weighted by Gasteiger charge is -2.28. The molecule has 32 heavy (non-hydrogen) atoms. The van der Waals surface area contributed by atoms with Gasteiger partial charge in [-0.3, -0.25) is 5.32 Å². The third-order valence-electron chi connectivity index (χ3n) is 5.75. The highest BCUT2D eigenvalue weighted by molar-refractivity contribution is 7.22. The number of nitrogens with zero attached hydrogens (tertiary/aromatic N) is 4. The zero-order chi connectivity index (χ0) is 22.7. The third-order valence-corrected chi connectivity index (χ3v) is 6.87. The fraction of sp³-hybridized carbons (Fsp3) is 0.409. The first-order valence-corrected chi connectivity index (χ1v) is 11.8. The molecule has 4 rings (SSSR count). The van der Waals surface area contributed by atoms with Gasteiger partial charge in [-0.05, 0) is 75.6 Å². The summed E-state index contributed by atoms with van der Waals surface area (Å²) in [5.74, 6) is 0.806. The molecule has 1 aromatic carbocycles. The summed E-state index contributed by atoms with van der Waals surface area (Å²) in [6.07, 6.45) is 3.35. The molecule has 3 aromatic rings. The SMILES string of the molecule is CN1CCC(CCNC(=O)Nc2nc3ccc(N(C)c4ccc(Cl)cc4F)nc3s2)CC1. The minimum absolute atomic E-state index is 0.266. The van der Waals surface area contributed by atoms with Gasteiger partial charge in [-0.1, -0.05) is 22.9 Å². The van der Waals surface area contributed by atoms with E-state index in [1.54, 1.807) is 30.1 Å². The fourth-order valence-corrected chi connectivity index (χ4v) is 4.79. The van der Waals surface area contributed by atoms with Crippen molar-refractivity contribution in [1.29, 1.82) is 0 Å². The number of anilines is 3. The van der Waals surface area contributed by atoms with E-state index in [0.29, 0.717) is 44.5 Å². The van der Waals surface area contributed by atoms with Crippen LogP contribution in [0.1, 0.15) is 19.3 Å². The minimum Gasteiger partial charge on any atom is -0.338 e. The van der Waals surface area contributed by atoms with Crippen molar-refractivity contribution in [3.8, 4) is 0 Å². The number of likely N-dealkylation sites (tertiary alicyclic amines) is 1. The van der Waals surface area contributed by atoms with Crippen LogP contribution in [-0.2, 0) is 0 Å². The molecule has 170 valence electrons. The molecule has 7 nitrogen and oxygen atoms in total. The first-order chi connectivity index (χ1) is 15.4. The van der Waals surface area contributed by atoms with Gasteiger partial charge in [0.1, 0.15) is 22.0 Å². The van der Waals surface area contributed by atoms with Gasteiger partial charge in [-0.2, -0.15) is 0 Å². The van der Waals surface area contributed by atoms with Crippen molar-refractivity contribution in [2.45, 2.75) is 19.3 Å². The number of piperidine rings is 1. The lowest BCUT2D eigenvalue weighted by Crippen LogP contribution is -2.34. The van der Waals surface area contributed by atoms with Crippen molar-refractivity contribution in [1.82, 2.24) is 20.2 Å². The Morgan fingerprint density at radius 2 is 2.06 bits per heavy atom. The first kappa shape index (κ1) is 22.7. The number of thiazole rings is 1. The summed E-state index contributed by atoms with van der Waals surface area (Å²) in [7, 11) is 3.88. The molecule has 0 unspecified atom stereocenters. The van der Waals surface area contributed by atoms with Crippen LogP contribution in [0.4, 0.5) is 25.8 Å². The Balaban J connectivity index is 1.35. The molecule has 0 saturated carbocycles. The van der Waals surface area contributed by atoms with Gasteiger partial charge in [0.2, 0.25) is 0 Å². The number of carbonyl (C=O) groups excluding carboxylic acids is 1. The minimum atomic E-state index is -0.425. The highest BCUT2D eigenvalue weighted by Gasteiger charge is 2.17. The lowest BCUT2D eigenvalue weighted by atomic mass is 9.94. The maximum Gasteiger partial charge on any atom is 0.321 e. The van der Waals surface area contributed by atoms with Crippen molar-refractivity contribution in [2.75, 3.05) is 43.9 Å². The van der Waals surface area contributed by atoms with Crippen LogP contribution in [0.2, 0.25) is 5.02 Å². The molecular weight excluding hydrogens is 451 g/mol. The molecule has 0 atom stereocenters. The number of hydrogen-bond donors (Lipinski definition) is 2. The monoisotopic (exact) mass is 476 g/mol. The molecule has 1 fully saturated rings. The average molecular weight is 477 g/mol. The Bertz CT molecular complexity index is 1100. The average Bonchev–Trinajstić information content (AvgIpc) is 3.16. The molecule has 0 radical (unpaired) electrons. The van der Waals surface area contributed by atoms with Gasteiger partial charge in [0, 0.05) is 18.6 Å². The number of amides is 2. The molecule has 1 saturated heterocycles. The summed E-state index contributed by atoms with van der Waals surface area (Å²) in [5, 5.41) is 6.52. The van der Waals surface area contributed by atoms with E-state index in [-0.39, 0.29) is 6.03 Å². The number of hydrogen-bond acceptors (Lipinski definition) is 6. The molecule has 2 N–H and O–H groups in total. The van der Waals surface area contributed by atoms with Crippen molar-refractivity contribution in [3.05, 3.63) is 41.2 Å². The molecule has 0 spiro atoms. The Morgan fingerprint density at radius 1 is 1.28 bits per heavy atom. The summed E-state index contributed by atoms with van der Waals surface area (Å²) in [4.78, 5) is 25.9. The highest BCUT2D eigenvalue weighted by atomic mass is 35.5. The second-order valence-corrected chi connectivity index (χ2v) is 9.50. The smallest absolute Gasteiger partial charge is 0.321 e. The fourth-order valence-electron chi connectivity index (χ4n) is 3.81. The Labute approximate surface area is 195 Å². The Hall–Kier alpha value is -2.49. The topological polar surface area (TPSA) is 73.4 Å². The van der Waals surface area contributed by atoms with Crippen LogP contribution in [0.25, 0.3) is 10.3 Å². The van der Waals surface area contributed by atoms with Gasteiger partial charge < -0.3 is 15.1 Å². The second kappa shape index (κ2) is 9.97.